The normalized spacial score (nSPS) is 20.3. The SMILES string of the molecule is Cn1nc2c(c1S(=O)(=O)Nc1cccc(C3CCOC3)c1)CCC2. The van der Waals surface area contributed by atoms with Crippen LogP contribution in [0.1, 0.15) is 35.6 Å². The van der Waals surface area contributed by atoms with Crippen LogP contribution in [0, 0.1) is 0 Å². The average molecular weight is 347 g/mol. The topological polar surface area (TPSA) is 73.2 Å². The molecule has 2 heterocycles. The minimum absolute atomic E-state index is 0.296. The molecule has 1 aromatic heterocycles. The maximum atomic E-state index is 12.9. The van der Waals surface area contributed by atoms with Crippen LogP contribution in [-0.4, -0.2) is 31.4 Å². The maximum Gasteiger partial charge on any atom is 0.279 e. The molecule has 2 aliphatic rings. The van der Waals surface area contributed by atoms with Crippen molar-refractivity contribution in [1.29, 1.82) is 0 Å². The van der Waals surface area contributed by atoms with Crippen molar-refractivity contribution in [1.82, 2.24) is 9.78 Å². The summed E-state index contributed by atoms with van der Waals surface area (Å²) in [5, 5.41) is 4.66. The maximum absolute atomic E-state index is 12.9. The highest BCUT2D eigenvalue weighted by Gasteiger charge is 2.29. The molecule has 0 radical (unpaired) electrons. The number of rotatable bonds is 4. The van der Waals surface area contributed by atoms with E-state index in [1.807, 2.05) is 18.2 Å². The van der Waals surface area contributed by atoms with Crippen molar-refractivity contribution < 1.29 is 13.2 Å². The van der Waals surface area contributed by atoms with E-state index in [0.29, 0.717) is 23.2 Å². The van der Waals surface area contributed by atoms with Crippen molar-refractivity contribution in [3.8, 4) is 0 Å². The molecule has 128 valence electrons. The first-order valence-electron chi connectivity index (χ1n) is 8.30. The minimum Gasteiger partial charge on any atom is -0.381 e. The Labute approximate surface area is 141 Å². The predicted molar refractivity (Wildman–Crippen MR) is 90.7 cm³/mol. The first-order valence-corrected chi connectivity index (χ1v) is 9.78. The summed E-state index contributed by atoms with van der Waals surface area (Å²) >= 11 is 0. The van der Waals surface area contributed by atoms with E-state index in [0.717, 1.165) is 49.1 Å². The van der Waals surface area contributed by atoms with Crippen LogP contribution < -0.4 is 4.72 Å². The van der Waals surface area contributed by atoms with Gasteiger partial charge in [0.25, 0.3) is 10.0 Å². The summed E-state index contributed by atoms with van der Waals surface area (Å²) in [4.78, 5) is 0. The van der Waals surface area contributed by atoms with Gasteiger partial charge in [0.15, 0.2) is 5.03 Å². The Morgan fingerprint density at radius 3 is 3.00 bits per heavy atom. The van der Waals surface area contributed by atoms with Crippen molar-refractivity contribution >= 4 is 15.7 Å². The van der Waals surface area contributed by atoms with Crippen LogP contribution in [-0.2, 0) is 34.6 Å². The molecule has 24 heavy (non-hydrogen) atoms. The summed E-state index contributed by atoms with van der Waals surface area (Å²) in [6.07, 6.45) is 3.58. The second-order valence-electron chi connectivity index (χ2n) is 6.50. The summed E-state index contributed by atoms with van der Waals surface area (Å²) in [7, 11) is -1.95. The van der Waals surface area contributed by atoms with Gasteiger partial charge in [0.1, 0.15) is 0 Å². The second-order valence-corrected chi connectivity index (χ2v) is 8.10. The van der Waals surface area contributed by atoms with Gasteiger partial charge in [-0.05, 0) is 43.4 Å². The lowest BCUT2D eigenvalue weighted by Crippen LogP contribution is -2.18. The number of hydrogen-bond acceptors (Lipinski definition) is 4. The van der Waals surface area contributed by atoms with E-state index in [-0.39, 0.29) is 0 Å². The smallest absolute Gasteiger partial charge is 0.279 e. The number of sulfonamides is 1. The fourth-order valence-corrected chi connectivity index (χ4v) is 5.15. The van der Waals surface area contributed by atoms with Gasteiger partial charge < -0.3 is 4.74 Å². The lowest BCUT2D eigenvalue weighted by atomic mass is 9.98. The lowest BCUT2D eigenvalue weighted by molar-refractivity contribution is 0.194. The predicted octanol–water partition coefficient (Wildman–Crippen LogP) is 2.21. The number of anilines is 1. The van der Waals surface area contributed by atoms with Crippen molar-refractivity contribution in [2.45, 2.75) is 36.6 Å². The number of ether oxygens (including phenoxy) is 1. The molecule has 2 aromatic rings. The monoisotopic (exact) mass is 347 g/mol. The highest BCUT2D eigenvalue weighted by molar-refractivity contribution is 7.92. The Hall–Kier alpha value is -1.86. The molecular formula is C17H21N3O3S. The highest BCUT2D eigenvalue weighted by atomic mass is 32.2. The first-order chi connectivity index (χ1) is 11.5. The molecule has 1 atom stereocenters. The summed E-state index contributed by atoms with van der Waals surface area (Å²) in [5.41, 5.74) is 3.48. The molecule has 1 aromatic carbocycles. The van der Waals surface area contributed by atoms with Gasteiger partial charge in [-0.1, -0.05) is 12.1 Å². The Kier molecular flexibility index (Phi) is 3.85. The standard InChI is InChI=1S/C17H21N3O3S/c1-20-17(15-6-3-7-16(15)18-20)24(21,22)19-14-5-2-4-12(10-14)13-8-9-23-11-13/h2,4-5,10,13,19H,3,6-9,11H2,1H3. The van der Waals surface area contributed by atoms with Crippen LogP contribution in [0.5, 0.6) is 0 Å². The number of aryl methyl sites for hydroxylation is 2. The largest absolute Gasteiger partial charge is 0.381 e. The Balaban J connectivity index is 1.64. The summed E-state index contributed by atoms with van der Waals surface area (Å²) in [6.45, 7) is 1.47. The molecule has 6 nitrogen and oxygen atoms in total. The zero-order valence-corrected chi connectivity index (χ0v) is 14.5. The van der Waals surface area contributed by atoms with Crippen molar-refractivity contribution in [3.63, 3.8) is 0 Å². The molecule has 1 N–H and O–H groups in total. The Morgan fingerprint density at radius 1 is 1.33 bits per heavy atom. The van der Waals surface area contributed by atoms with Gasteiger partial charge in [-0.25, -0.2) is 0 Å². The molecule has 0 spiro atoms. The van der Waals surface area contributed by atoms with E-state index in [2.05, 4.69) is 9.82 Å². The third kappa shape index (κ3) is 2.71. The van der Waals surface area contributed by atoms with Gasteiger partial charge in [-0.2, -0.15) is 13.5 Å². The van der Waals surface area contributed by atoms with E-state index in [1.54, 1.807) is 13.1 Å². The minimum atomic E-state index is -3.65. The van der Waals surface area contributed by atoms with Gasteiger partial charge >= 0.3 is 0 Å². The summed E-state index contributed by atoms with van der Waals surface area (Å²) in [6, 6.07) is 7.61. The molecule has 1 fully saturated rings. The highest BCUT2D eigenvalue weighted by Crippen LogP contribution is 2.30. The first kappa shape index (κ1) is 15.7. The molecule has 4 rings (SSSR count). The van der Waals surface area contributed by atoms with Crippen LogP contribution in [0.15, 0.2) is 29.3 Å². The zero-order chi connectivity index (χ0) is 16.7. The van der Waals surface area contributed by atoms with Crippen LogP contribution in [0.25, 0.3) is 0 Å². The van der Waals surface area contributed by atoms with E-state index < -0.39 is 10.0 Å². The van der Waals surface area contributed by atoms with Gasteiger partial charge in [-0.15, -0.1) is 0 Å². The number of fused-ring (bicyclic) bond motifs is 1. The van der Waals surface area contributed by atoms with Gasteiger partial charge in [0.2, 0.25) is 0 Å². The quantitative estimate of drug-likeness (QED) is 0.920. The molecular weight excluding hydrogens is 326 g/mol. The Bertz CT molecular complexity index is 867. The van der Waals surface area contributed by atoms with E-state index >= 15 is 0 Å². The van der Waals surface area contributed by atoms with Gasteiger partial charge in [-0.3, -0.25) is 9.40 Å². The number of nitrogens with zero attached hydrogens (tertiary/aromatic N) is 2. The van der Waals surface area contributed by atoms with E-state index in [9.17, 15) is 8.42 Å². The van der Waals surface area contributed by atoms with Crippen LogP contribution in [0.2, 0.25) is 0 Å². The van der Waals surface area contributed by atoms with Crippen LogP contribution >= 0.6 is 0 Å². The zero-order valence-electron chi connectivity index (χ0n) is 13.7. The van der Waals surface area contributed by atoms with Gasteiger partial charge in [0, 0.05) is 30.8 Å². The Morgan fingerprint density at radius 2 is 2.21 bits per heavy atom. The molecule has 7 heteroatoms. The number of benzene rings is 1. The van der Waals surface area contributed by atoms with Crippen molar-refractivity contribution in [2.24, 2.45) is 7.05 Å². The lowest BCUT2D eigenvalue weighted by Gasteiger charge is -2.13. The second kappa shape index (κ2) is 5.89. The molecule has 1 aliphatic carbocycles. The van der Waals surface area contributed by atoms with Gasteiger partial charge in [0.05, 0.1) is 12.3 Å². The molecule has 1 aliphatic heterocycles. The number of aromatic nitrogens is 2. The van der Waals surface area contributed by atoms with Crippen LogP contribution in [0.3, 0.4) is 0 Å². The van der Waals surface area contributed by atoms with Crippen molar-refractivity contribution in [3.05, 3.63) is 41.1 Å². The average Bonchev–Trinajstić information content (AvgIpc) is 3.22. The number of hydrogen-bond donors (Lipinski definition) is 1. The van der Waals surface area contributed by atoms with E-state index in [4.69, 9.17) is 4.74 Å². The van der Waals surface area contributed by atoms with E-state index in [1.165, 1.54) is 4.68 Å². The third-order valence-corrected chi connectivity index (χ3v) is 6.33. The molecule has 0 saturated carbocycles. The molecule has 1 saturated heterocycles. The molecule has 0 amide bonds. The fraction of sp³-hybridized carbons (Fsp3) is 0.471. The molecule has 1 unspecified atom stereocenters. The number of nitrogens with one attached hydrogen (secondary N) is 1. The fourth-order valence-electron chi connectivity index (χ4n) is 3.68. The molecule has 0 bridgehead atoms. The van der Waals surface area contributed by atoms with Crippen molar-refractivity contribution in [2.75, 3.05) is 17.9 Å². The summed E-state index contributed by atoms with van der Waals surface area (Å²) < 4.78 is 35.4. The summed E-state index contributed by atoms with van der Waals surface area (Å²) in [5.74, 6) is 0.343. The van der Waals surface area contributed by atoms with Crippen LogP contribution in [0.4, 0.5) is 5.69 Å². The third-order valence-electron chi connectivity index (χ3n) is 4.81.